The molecule has 0 fully saturated rings. The number of hydrogen-bond donors (Lipinski definition) is 0. The molecular formula is C23H22N2O4. The van der Waals surface area contributed by atoms with E-state index in [1.165, 1.54) is 7.11 Å². The van der Waals surface area contributed by atoms with Crippen LogP contribution in [-0.2, 0) is 6.42 Å². The van der Waals surface area contributed by atoms with Crippen molar-refractivity contribution >= 4 is 16.6 Å². The Balaban J connectivity index is 2.12. The molecule has 6 heteroatoms. The Bertz CT molecular complexity index is 1080. The average Bonchev–Trinajstić information content (AvgIpc) is 2.72. The smallest absolute Gasteiger partial charge is 0.211 e. The monoisotopic (exact) mass is 390 g/mol. The summed E-state index contributed by atoms with van der Waals surface area (Å²) in [5.74, 6) is 1.50. The molecule has 6 nitrogen and oxygen atoms in total. The lowest BCUT2D eigenvalue weighted by Gasteiger charge is -2.14. The van der Waals surface area contributed by atoms with Crippen molar-refractivity contribution in [2.45, 2.75) is 26.4 Å². The number of benzene rings is 2. The van der Waals surface area contributed by atoms with Gasteiger partial charge >= 0.3 is 0 Å². The van der Waals surface area contributed by atoms with Crippen LogP contribution in [0.5, 0.6) is 17.2 Å². The minimum Gasteiger partial charge on any atom is -0.493 e. The van der Waals surface area contributed by atoms with Crippen LogP contribution in [0.4, 0.5) is 0 Å². The molecule has 0 amide bonds. The molecule has 29 heavy (non-hydrogen) atoms. The number of nitriles is 1. The third kappa shape index (κ3) is 4.14. The predicted octanol–water partition coefficient (Wildman–Crippen LogP) is 4.34. The summed E-state index contributed by atoms with van der Waals surface area (Å²) in [4.78, 5) is 17.6. The van der Waals surface area contributed by atoms with Gasteiger partial charge in [-0.2, -0.15) is 5.26 Å². The fraction of sp³-hybridized carbons (Fsp3) is 0.261. The van der Waals surface area contributed by atoms with E-state index in [-0.39, 0.29) is 18.3 Å². The van der Waals surface area contributed by atoms with Crippen molar-refractivity contribution in [1.29, 1.82) is 5.26 Å². The van der Waals surface area contributed by atoms with Crippen LogP contribution in [0.15, 0.2) is 42.6 Å². The van der Waals surface area contributed by atoms with Gasteiger partial charge in [0.05, 0.1) is 32.8 Å². The van der Waals surface area contributed by atoms with Gasteiger partial charge in [-0.25, -0.2) is 0 Å². The fourth-order valence-corrected chi connectivity index (χ4v) is 3.12. The standard InChI is InChI=1S/C23H22N2O4/c1-14(2)29-17-7-5-15(6-8-17)23(26)22-19-12-21(28-4)20(27-3)11-18(19)16(9-10-24)13-25-22/h5-8,11-14H,9H2,1-4H3. The molecule has 1 heterocycles. The molecule has 0 radical (unpaired) electrons. The van der Waals surface area contributed by atoms with E-state index in [2.05, 4.69) is 11.1 Å². The molecule has 3 aromatic rings. The molecule has 0 bridgehead atoms. The topological polar surface area (TPSA) is 81.4 Å². The summed E-state index contributed by atoms with van der Waals surface area (Å²) in [6, 6.07) is 12.6. The van der Waals surface area contributed by atoms with Gasteiger partial charge in [-0.15, -0.1) is 0 Å². The molecule has 0 aliphatic heterocycles. The van der Waals surface area contributed by atoms with E-state index in [0.717, 1.165) is 10.9 Å². The van der Waals surface area contributed by atoms with Crippen LogP contribution in [0.25, 0.3) is 10.8 Å². The second-order valence-corrected chi connectivity index (χ2v) is 6.74. The van der Waals surface area contributed by atoms with Gasteiger partial charge in [0.1, 0.15) is 11.4 Å². The third-order valence-electron chi connectivity index (χ3n) is 4.45. The van der Waals surface area contributed by atoms with Gasteiger partial charge in [-0.05, 0) is 61.2 Å². The molecule has 0 aliphatic carbocycles. The van der Waals surface area contributed by atoms with Crippen LogP contribution in [0, 0.1) is 11.3 Å². The maximum absolute atomic E-state index is 13.2. The highest BCUT2D eigenvalue weighted by Gasteiger charge is 2.19. The van der Waals surface area contributed by atoms with Gasteiger partial charge in [0.2, 0.25) is 5.78 Å². The van der Waals surface area contributed by atoms with Gasteiger partial charge in [-0.3, -0.25) is 9.78 Å². The Morgan fingerprint density at radius 1 is 1.07 bits per heavy atom. The molecule has 2 aromatic carbocycles. The van der Waals surface area contributed by atoms with Crippen molar-refractivity contribution in [2.24, 2.45) is 0 Å². The Morgan fingerprint density at radius 3 is 2.24 bits per heavy atom. The molecular weight excluding hydrogens is 368 g/mol. The highest BCUT2D eigenvalue weighted by molar-refractivity contribution is 6.15. The number of nitrogens with zero attached hydrogens (tertiary/aromatic N) is 2. The van der Waals surface area contributed by atoms with Crippen LogP contribution in [0.3, 0.4) is 0 Å². The van der Waals surface area contributed by atoms with Crippen molar-refractivity contribution < 1.29 is 19.0 Å². The largest absolute Gasteiger partial charge is 0.493 e. The number of carbonyl (C=O) groups excluding carboxylic acids is 1. The molecule has 3 rings (SSSR count). The zero-order chi connectivity index (χ0) is 21.0. The normalized spacial score (nSPS) is 10.6. The van der Waals surface area contributed by atoms with E-state index in [4.69, 9.17) is 19.5 Å². The number of carbonyl (C=O) groups is 1. The second-order valence-electron chi connectivity index (χ2n) is 6.74. The summed E-state index contributed by atoms with van der Waals surface area (Å²) in [6.07, 6.45) is 1.80. The molecule has 0 spiro atoms. The predicted molar refractivity (Wildman–Crippen MR) is 110 cm³/mol. The van der Waals surface area contributed by atoms with Crippen LogP contribution in [0.1, 0.15) is 35.5 Å². The SMILES string of the molecule is COc1cc2c(CC#N)cnc(C(=O)c3ccc(OC(C)C)cc3)c2cc1OC. The average molecular weight is 390 g/mol. The highest BCUT2D eigenvalue weighted by Crippen LogP contribution is 2.35. The van der Waals surface area contributed by atoms with E-state index in [1.54, 1.807) is 49.7 Å². The molecule has 0 unspecified atom stereocenters. The third-order valence-corrected chi connectivity index (χ3v) is 4.45. The summed E-state index contributed by atoms with van der Waals surface area (Å²) < 4.78 is 16.4. The summed E-state index contributed by atoms with van der Waals surface area (Å²) in [7, 11) is 3.08. The number of rotatable bonds is 7. The lowest BCUT2D eigenvalue weighted by molar-refractivity contribution is 0.103. The minimum atomic E-state index is -0.221. The highest BCUT2D eigenvalue weighted by atomic mass is 16.5. The maximum Gasteiger partial charge on any atom is 0.211 e. The first-order valence-corrected chi connectivity index (χ1v) is 9.20. The Hall–Kier alpha value is -3.59. The summed E-state index contributed by atoms with van der Waals surface area (Å²) in [5.41, 5.74) is 1.51. The molecule has 0 atom stereocenters. The molecule has 148 valence electrons. The Labute approximate surface area is 169 Å². The molecule has 1 aromatic heterocycles. The first kappa shape index (κ1) is 20.2. The lowest BCUT2D eigenvalue weighted by Crippen LogP contribution is -2.08. The van der Waals surface area contributed by atoms with Gasteiger partial charge in [0, 0.05) is 17.1 Å². The molecule has 0 saturated heterocycles. The van der Waals surface area contributed by atoms with E-state index < -0.39 is 0 Å². The number of methoxy groups -OCH3 is 2. The summed E-state index contributed by atoms with van der Waals surface area (Å²) in [6.45, 7) is 3.89. The first-order valence-electron chi connectivity index (χ1n) is 9.20. The van der Waals surface area contributed by atoms with Crippen LogP contribution in [-0.4, -0.2) is 31.1 Å². The van der Waals surface area contributed by atoms with Crippen molar-refractivity contribution in [2.75, 3.05) is 14.2 Å². The quantitative estimate of drug-likeness (QED) is 0.558. The first-order chi connectivity index (χ1) is 14.0. The van der Waals surface area contributed by atoms with E-state index in [0.29, 0.717) is 33.9 Å². The Morgan fingerprint density at radius 2 is 1.69 bits per heavy atom. The number of ether oxygens (including phenoxy) is 3. The van der Waals surface area contributed by atoms with E-state index in [1.807, 2.05) is 13.8 Å². The second kappa shape index (κ2) is 8.61. The van der Waals surface area contributed by atoms with Crippen LogP contribution < -0.4 is 14.2 Å². The number of hydrogen-bond acceptors (Lipinski definition) is 6. The summed E-state index contributed by atoms with van der Waals surface area (Å²) >= 11 is 0. The van der Waals surface area contributed by atoms with Crippen molar-refractivity contribution in [3.8, 4) is 23.3 Å². The number of ketones is 1. The zero-order valence-corrected chi connectivity index (χ0v) is 16.9. The Kier molecular flexibility index (Phi) is 5.99. The van der Waals surface area contributed by atoms with Gasteiger partial charge in [0.25, 0.3) is 0 Å². The van der Waals surface area contributed by atoms with Gasteiger partial charge in [0.15, 0.2) is 11.5 Å². The number of pyridine rings is 1. The molecule has 0 saturated carbocycles. The lowest BCUT2D eigenvalue weighted by atomic mass is 9.98. The molecule has 0 N–H and O–H groups in total. The maximum atomic E-state index is 13.2. The van der Waals surface area contributed by atoms with Crippen molar-refractivity contribution in [3.05, 3.63) is 59.4 Å². The fourth-order valence-electron chi connectivity index (χ4n) is 3.12. The van der Waals surface area contributed by atoms with Gasteiger partial charge in [-0.1, -0.05) is 0 Å². The van der Waals surface area contributed by atoms with Gasteiger partial charge < -0.3 is 14.2 Å². The summed E-state index contributed by atoms with van der Waals surface area (Å²) in [5, 5.41) is 10.5. The van der Waals surface area contributed by atoms with E-state index in [9.17, 15) is 4.79 Å². The molecule has 0 aliphatic rings. The van der Waals surface area contributed by atoms with Crippen LogP contribution >= 0.6 is 0 Å². The van der Waals surface area contributed by atoms with Crippen molar-refractivity contribution in [3.63, 3.8) is 0 Å². The van der Waals surface area contributed by atoms with Crippen LogP contribution in [0.2, 0.25) is 0 Å². The van der Waals surface area contributed by atoms with Crippen molar-refractivity contribution in [1.82, 2.24) is 4.98 Å². The zero-order valence-electron chi connectivity index (χ0n) is 16.9. The number of fused-ring (bicyclic) bond motifs is 1. The van der Waals surface area contributed by atoms with E-state index >= 15 is 0 Å². The number of aromatic nitrogens is 1. The minimum absolute atomic E-state index is 0.0530.